The third-order valence-corrected chi connectivity index (χ3v) is 3.68. The van der Waals surface area contributed by atoms with Crippen LogP contribution in [0.1, 0.15) is 24.2 Å². The first-order chi connectivity index (χ1) is 11.9. The Kier molecular flexibility index (Phi) is 6.53. The number of anilines is 1. The zero-order valence-electron chi connectivity index (χ0n) is 14.8. The van der Waals surface area contributed by atoms with E-state index in [1.54, 1.807) is 43.5 Å². The van der Waals surface area contributed by atoms with Crippen LogP contribution in [-0.4, -0.2) is 26.7 Å². The van der Waals surface area contributed by atoms with Crippen molar-refractivity contribution in [2.24, 2.45) is 5.92 Å². The van der Waals surface area contributed by atoms with Crippen LogP contribution in [0.15, 0.2) is 36.4 Å². The molecule has 2 aromatic rings. The van der Waals surface area contributed by atoms with Crippen LogP contribution >= 0.6 is 11.6 Å². The van der Waals surface area contributed by atoms with Crippen LogP contribution in [-0.2, 0) is 0 Å². The third-order valence-electron chi connectivity index (χ3n) is 3.40. The second-order valence-electron chi connectivity index (χ2n) is 5.88. The maximum atomic E-state index is 12.5. The highest BCUT2D eigenvalue weighted by Crippen LogP contribution is 2.37. The summed E-state index contributed by atoms with van der Waals surface area (Å²) < 4.78 is 16.1. The Morgan fingerprint density at radius 3 is 2.36 bits per heavy atom. The summed E-state index contributed by atoms with van der Waals surface area (Å²) in [7, 11) is 3.10. The van der Waals surface area contributed by atoms with Crippen LogP contribution in [0.25, 0.3) is 0 Å². The van der Waals surface area contributed by atoms with Crippen molar-refractivity contribution in [2.45, 2.75) is 13.8 Å². The topological polar surface area (TPSA) is 56.8 Å². The molecule has 0 saturated carbocycles. The van der Waals surface area contributed by atoms with Gasteiger partial charge in [-0.2, -0.15) is 0 Å². The van der Waals surface area contributed by atoms with Gasteiger partial charge in [-0.25, -0.2) is 0 Å². The lowest BCUT2D eigenvalue weighted by Crippen LogP contribution is -2.13. The molecule has 0 radical (unpaired) electrons. The minimum atomic E-state index is -0.291. The molecule has 0 bridgehead atoms. The number of rotatable bonds is 7. The lowest BCUT2D eigenvalue weighted by Gasteiger charge is -2.15. The molecule has 1 N–H and O–H groups in total. The first-order valence-corrected chi connectivity index (χ1v) is 8.28. The summed E-state index contributed by atoms with van der Waals surface area (Å²) in [6.07, 6.45) is 0. The summed E-state index contributed by atoms with van der Waals surface area (Å²) >= 11 is 6.28. The Hall–Kier alpha value is -2.40. The molecule has 0 aliphatic rings. The number of ether oxygens (including phenoxy) is 3. The Labute approximate surface area is 152 Å². The molecule has 134 valence electrons. The minimum absolute atomic E-state index is 0.291. The number of amides is 1. The summed E-state index contributed by atoms with van der Waals surface area (Å²) in [5, 5.41) is 3.14. The molecule has 6 heteroatoms. The predicted octanol–water partition coefficient (Wildman–Crippen LogP) is 4.64. The van der Waals surface area contributed by atoms with Crippen molar-refractivity contribution in [2.75, 3.05) is 26.1 Å². The summed E-state index contributed by atoms with van der Waals surface area (Å²) in [5.41, 5.74) is 1.04. The van der Waals surface area contributed by atoms with Crippen LogP contribution in [0, 0.1) is 5.92 Å². The van der Waals surface area contributed by atoms with E-state index in [4.69, 9.17) is 25.8 Å². The number of nitrogens with one attached hydrogen (secondary N) is 1. The first kappa shape index (κ1) is 18.9. The number of methoxy groups -OCH3 is 2. The molecular weight excluding hydrogens is 342 g/mol. The largest absolute Gasteiger partial charge is 0.497 e. The standard InChI is InChI=1S/C19H22ClNO4/c1-12(2)11-25-18-16(20)9-13(10-17(18)24-4)19(22)21-14-5-7-15(23-3)8-6-14/h5-10,12H,11H2,1-4H3,(H,21,22). The number of halogens is 1. The quantitative estimate of drug-likeness (QED) is 0.778. The normalized spacial score (nSPS) is 10.5. The molecule has 0 heterocycles. The predicted molar refractivity (Wildman–Crippen MR) is 99.3 cm³/mol. The molecule has 2 aromatic carbocycles. The second kappa shape index (κ2) is 8.62. The van der Waals surface area contributed by atoms with E-state index in [0.717, 1.165) is 5.75 Å². The van der Waals surface area contributed by atoms with Gasteiger partial charge in [-0.15, -0.1) is 0 Å². The van der Waals surface area contributed by atoms with E-state index in [1.165, 1.54) is 7.11 Å². The maximum Gasteiger partial charge on any atom is 0.255 e. The van der Waals surface area contributed by atoms with E-state index >= 15 is 0 Å². The van der Waals surface area contributed by atoms with Crippen LogP contribution in [0.5, 0.6) is 17.2 Å². The Morgan fingerprint density at radius 1 is 1.12 bits per heavy atom. The van der Waals surface area contributed by atoms with Crippen LogP contribution in [0.4, 0.5) is 5.69 Å². The molecule has 0 unspecified atom stereocenters. The molecular formula is C19H22ClNO4. The molecule has 2 rings (SSSR count). The molecule has 0 atom stereocenters. The van der Waals surface area contributed by atoms with Gasteiger partial charge in [0.05, 0.1) is 25.8 Å². The number of hydrogen-bond acceptors (Lipinski definition) is 4. The van der Waals surface area contributed by atoms with E-state index < -0.39 is 0 Å². The van der Waals surface area contributed by atoms with Gasteiger partial charge in [0.15, 0.2) is 11.5 Å². The molecule has 0 aliphatic heterocycles. The molecule has 25 heavy (non-hydrogen) atoms. The molecule has 0 aliphatic carbocycles. The fourth-order valence-corrected chi connectivity index (χ4v) is 2.38. The SMILES string of the molecule is COc1ccc(NC(=O)c2cc(Cl)c(OCC(C)C)c(OC)c2)cc1. The highest BCUT2D eigenvalue weighted by atomic mass is 35.5. The van der Waals surface area contributed by atoms with Crippen molar-refractivity contribution >= 4 is 23.2 Å². The van der Waals surface area contributed by atoms with E-state index in [-0.39, 0.29) is 5.91 Å². The lowest BCUT2D eigenvalue weighted by atomic mass is 10.1. The number of hydrogen-bond donors (Lipinski definition) is 1. The smallest absolute Gasteiger partial charge is 0.255 e. The van der Waals surface area contributed by atoms with E-state index in [1.807, 2.05) is 13.8 Å². The second-order valence-corrected chi connectivity index (χ2v) is 6.28. The Balaban J connectivity index is 2.19. The fourth-order valence-electron chi connectivity index (χ4n) is 2.12. The van der Waals surface area contributed by atoms with Crippen molar-refractivity contribution < 1.29 is 19.0 Å². The van der Waals surface area contributed by atoms with Gasteiger partial charge in [-0.3, -0.25) is 4.79 Å². The molecule has 0 saturated heterocycles. The Morgan fingerprint density at radius 2 is 1.80 bits per heavy atom. The zero-order chi connectivity index (χ0) is 18.4. The van der Waals surface area contributed by atoms with Gasteiger partial charge >= 0.3 is 0 Å². The van der Waals surface area contributed by atoms with Crippen LogP contribution < -0.4 is 19.5 Å². The zero-order valence-corrected chi connectivity index (χ0v) is 15.5. The molecule has 0 spiro atoms. The van der Waals surface area contributed by atoms with Gasteiger partial charge in [-0.05, 0) is 42.3 Å². The third kappa shape index (κ3) is 5.03. The van der Waals surface area contributed by atoms with E-state index in [2.05, 4.69) is 5.32 Å². The van der Waals surface area contributed by atoms with Crippen LogP contribution in [0.2, 0.25) is 5.02 Å². The van der Waals surface area contributed by atoms with Crippen molar-refractivity contribution in [3.8, 4) is 17.2 Å². The minimum Gasteiger partial charge on any atom is -0.497 e. The molecule has 1 amide bonds. The maximum absolute atomic E-state index is 12.5. The number of benzene rings is 2. The number of carbonyl (C=O) groups excluding carboxylic acids is 1. The van der Waals surface area contributed by atoms with Gasteiger partial charge < -0.3 is 19.5 Å². The van der Waals surface area contributed by atoms with Crippen LogP contribution in [0.3, 0.4) is 0 Å². The average Bonchev–Trinajstić information content (AvgIpc) is 2.60. The van der Waals surface area contributed by atoms with Crippen molar-refractivity contribution in [1.29, 1.82) is 0 Å². The van der Waals surface area contributed by atoms with Gasteiger partial charge in [0.1, 0.15) is 5.75 Å². The van der Waals surface area contributed by atoms with Gasteiger partial charge in [0.25, 0.3) is 5.91 Å². The summed E-state index contributed by atoms with van der Waals surface area (Å²) in [5.74, 6) is 1.64. The van der Waals surface area contributed by atoms with Gasteiger partial charge in [0, 0.05) is 11.3 Å². The lowest BCUT2D eigenvalue weighted by molar-refractivity contribution is 0.102. The summed E-state index contributed by atoms with van der Waals surface area (Å²) in [6.45, 7) is 4.58. The fraction of sp³-hybridized carbons (Fsp3) is 0.316. The number of carbonyl (C=O) groups is 1. The van der Waals surface area contributed by atoms with Gasteiger partial charge in [0.2, 0.25) is 0 Å². The first-order valence-electron chi connectivity index (χ1n) is 7.90. The molecule has 5 nitrogen and oxygen atoms in total. The summed E-state index contributed by atoms with van der Waals surface area (Å²) in [6, 6.07) is 10.2. The Bertz CT molecular complexity index is 729. The summed E-state index contributed by atoms with van der Waals surface area (Å²) in [4.78, 5) is 12.5. The van der Waals surface area contributed by atoms with Gasteiger partial charge in [-0.1, -0.05) is 25.4 Å². The van der Waals surface area contributed by atoms with E-state index in [0.29, 0.717) is 40.3 Å². The monoisotopic (exact) mass is 363 g/mol. The molecule has 0 fully saturated rings. The van der Waals surface area contributed by atoms with E-state index in [9.17, 15) is 4.79 Å². The average molecular weight is 364 g/mol. The highest BCUT2D eigenvalue weighted by Gasteiger charge is 2.16. The van der Waals surface area contributed by atoms with Crippen molar-refractivity contribution in [1.82, 2.24) is 0 Å². The highest BCUT2D eigenvalue weighted by molar-refractivity contribution is 6.32. The molecule has 0 aromatic heterocycles. The van der Waals surface area contributed by atoms with Crippen molar-refractivity contribution in [3.63, 3.8) is 0 Å². The van der Waals surface area contributed by atoms with Crippen molar-refractivity contribution in [3.05, 3.63) is 47.0 Å².